The van der Waals surface area contributed by atoms with Crippen molar-refractivity contribution in [2.45, 2.75) is 20.3 Å². The number of methoxy groups -OCH3 is 2. The number of rotatable bonds is 6. The zero-order valence-corrected chi connectivity index (χ0v) is 20.8. The topological polar surface area (TPSA) is 63.6 Å². The molecule has 0 saturated carbocycles. The van der Waals surface area contributed by atoms with Crippen LogP contribution in [0, 0.1) is 13.8 Å². The number of hydrogen-bond donors (Lipinski definition) is 0. The van der Waals surface area contributed by atoms with Crippen molar-refractivity contribution in [1.82, 2.24) is 15.0 Å². The quantitative estimate of drug-likeness (QED) is 0.410. The molecule has 1 aliphatic heterocycles. The number of fused-ring (bicyclic) bond motifs is 1. The van der Waals surface area contributed by atoms with E-state index in [1.807, 2.05) is 31.3 Å². The Morgan fingerprint density at radius 2 is 1.51 bits per heavy atom. The van der Waals surface area contributed by atoms with Crippen molar-refractivity contribution in [3.8, 4) is 11.5 Å². The van der Waals surface area contributed by atoms with Crippen molar-refractivity contribution >= 4 is 22.5 Å². The Kier molecular flexibility index (Phi) is 6.40. The van der Waals surface area contributed by atoms with Crippen molar-refractivity contribution in [3.63, 3.8) is 0 Å². The molecule has 35 heavy (non-hydrogen) atoms. The summed E-state index contributed by atoms with van der Waals surface area (Å²) >= 11 is 0. The van der Waals surface area contributed by atoms with Crippen LogP contribution in [0.2, 0.25) is 0 Å². The molecular weight excluding hydrogens is 438 g/mol. The molecule has 7 heteroatoms. The average Bonchev–Trinajstić information content (AvgIpc) is 2.87. The lowest BCUT2D eigenvalue weighted by Gasteiger charge is -2.36. The summed E-state index contributed by atoms with van der Waals surface area (Å²) in [4.78, 5) is 19.0. The van der Waals surface area contributed by atoms with Gasteiger partial charge in [-0.25, -0.2) is 9.97 Å². The second-order valence-corrected chi connectivity index (χ2v) is 9.02. The third-order valence-electron chi connectivity index (χ3n) is 6.47. The third-order valence-corrected chi connectivity index (χ3v) is 6.47. The first-order chi connectivity index (χ1) is 17.0. The van der Waals surface area contributed by atoms with Gasteiger partial charge in [0, 0.05) is 61.6 Å². The minimum Gasteiger partial charge on any atom is -0.497 e. The Morgan fingerprint density at radius 1 is 0.800 bits per heavy atom. The van der Waals surface area contributed by atoms with E-state index >= 15 is 0 Å². The molecule has 0 amide bonds. The summed E-state index contributed by atoms with van der Waals surface area (Å²) in [7, 11) is 3.34. The summed E-state index contributed by atoms with van der Waals surface area (Å²) in [6.07, 6.45) is 2.60. The van der Waals surface area contributed by atoms with Crippen molar-refractivity contribution in [1.29, 1.82) is 0 Å². The zero-order chi connectivity index (χ0) is 24.4. The SMILES string of the molecule is COc1cc(Cc2cc(C)nc(N3CCN(c4ccnc5cc(C)ccc45)CC3)n2)cc(OC)c1. The second kappa shape index (κ2) is 9.78. The Labute approximate surface area is 206 Å². The van der Waals surface area contributed by atoms with E-state index in [2.05, 4.69) is 52.0 Å². The van der Waals surface area contributed by atoms with Crippen LogP contribution < -0.4 is 19.3 Å². The highest BCUT2D eigenvalue weighted by Crippen LogP contribution is 2.28. The van der Waals surface area contributed by atoms with Gasteiger partial charge in [0.1, 0.15) is 11.5 Å². The van der Waals surface area contributed by atoms with E-state index in [1.165, 1.54) is 16.6 Å². The number of piperazine rings is 1. The molecule has 0 N–H and O–H groups in total. The highest BCUT2D eigenvalue weighted by molar-refractivity contribution is 5.92. The van der Waals surface area contributed by atoms with Crippen LogP contribution in [0.1, 0.15) is 22.5 Å². The fourth-order valence-corrected chi connectivity index (χ4v) is 4.69. The highest BCUT2D eigenvalue weighted by Gasteiger charge is 2.21. The number of hydrogen-bond acceptors (Lipinski definition) is 7. The molecule has 180 valence electrons. The molecule has 1 saturated heterocycles. The van der Waals surface area contributed by atoms with E-state index in [4.69, 9.17) is 19.4 Å². The Bertz CT molecular complexity index is 1330. The van der Waals surface area contributed by atoms with Gasteiger partial charge in [0.05, 0.1) is 25.4 Å². The number of pyridine rings is 1. The normalized spacial score (nSPS) is 13.8. The fraction of sp³-hybridized carbons (Fsp3) is 0.321. The molecule has 0 atom stereocenters. The molecule has 1 fully saturated rings. The van der Waals surface area contributed by atoms with Gasteiger partial charge in [-0.15, -0.1) is 0 Å². The standard InChI is InChI=1S/C28H31N5O2/c1-19-5-6-25-26(13-19)29-8-7-27(25)32-9-11-33(12-10-32)28-30-20(2)14-22(31-28)15-21-16-23(34-3)18-24(17-21)35-4/h5-8,13-14,16-18H,9-12,15H2,1-4H3. The number of anilines is 2. The predicted octanol–water partition coefficient (Wildman–Crippen LogP) is 4.58. The second-order valence-electron chi connectivity index (χ2n) is 9.02. The Balaban J connectivity index is 1.33. The summed E-state index contributed by atoms with van der Waals surface area (Å²) in [6.45, 7) is 7.69. The first-order valence-electron chi connectivity index (χ1n) is 11.9. The maximum Gasteiger partial charge on any atom is 0.225 e. The minimum atomic E-state index is 0.687. The van der Waals surface area contributed by atoms with Crippen LogP contribution in [0.3, 0.4) is 0 Å². The zero-order valence-electron chi connectivity index (χ0n) is 20.8. The highest BCUT2D eigenvalue weighted by atomic mass is 16.5. The number of benzene rings is 2. The van der Waals surface area contributed by atoms with Crippen LogP contribution in [0.5, 0.6) is 11.5 Å². The van der Waals surface area contributed by atoms with Gasteiger partial charge in [-0.2, -0.15) is 0 Å². The van der Waals surface area contributed by atoms with Crippen LogP contribution in [0.15, 0.2) is 54.7 Å². The summed E-state index contributed by atoms with van der Waals surface area (Å²) in [5.74, 6) is 2.35. The van der Waals surface area contributed by atoms with Gasteiger partial charge in [-0.3, -0.25) is 4.98 Å². The van der Waals surface area contributed by atoms with Crippen LogP contribution in [0.4, 0.5) is 11.6 Å². The predicted molar refractivity (Wildman–Crippen MR) is 140 cm³/mol. The monoisotopic (exact) mass is 469 g/mol. The molecule has 2 aromatic heterocycles. The lowest BCUT2D eigenvalue weighted by Crippen LogP contribution is -2.47. The number of nitrogens with zero attached hydrogens (tertiary/aromatic N) is 5. The molecule has 0 unspecified atom stereocenters. The molecule has 3 heterocycles. The molecule has 4 aromatic rings. The van der Waals surface area contributed by atoms with Crippen molar-refractivity contribution in [2.24, 2.45) is 0 Å². The first-order valence-corrected chi connectivity index (χ1v) is 11.9. The van der Waals surface area contributed by atoms with Crippen molar-refractivity contribution < 1.29 is 9.47 Å². The summed E-state index contributed by atoms with van der Waals surface area (Å²) in [5, 5.41) is 1.20. The van der Waals surface area contributed by atoms with Crippen LogP contribution in [0.25, 0.3) is 10.9 Å². The van der Waals surface area contributed by atoms with Crippen LogP contribution in [-0.2, 0) is 6.42 Å². The molecular formula is C28H31N5O2. The molecule has 1 aliphatic rings. The lowest BCUT2D eigenvalue weighted by molar-refractivity contribution is 0.393. The van der Waals surface area contributed by atoms with Crippen LogP contribution in [-0.4, -0.2) is 55.4 Å². The number of ether oxygens (including phenoxy) is 2. The van der Waals surface area contributed by atoms with E-state index in [0.29, 0.717) is 6.42 Å². The van der Waals surface area contributed by atoms with E-state index in [-0.39, 0.29) is 0 Å². The summed E-state index contributed by atoms with van der Waals surface area (Å²) in [6, 6.07) is 16.6. The fourth-order valence-electron chi connectivity index (χ4n) is 4.69. The number of aryl methyl sites for hydroxylation is 2. The molecule has 0 radical (unpaired) electrons. The van der Waals surface area contributed by atoms with Gasteiger partial charge in [-0.05, 0) is 55.3 Å². The van der Waals surface area contributed by atoms with Gasteiger partial charge < -0.3 is 19.3 Å². The van der Waals surface area contributed by atoms with Gasteiger partial charge in [-0.1, -0.05) is 12.1 Å². The molecule has 5 rings (SSSR count). The van der Waals surface area contributed by atoms with E-state index in [1.54, 1.807) is 14.2 Å². The van der Waals surface area contributed by atoms with Gasteiger partial charge in [0.2, 0.25) is 5.95 Å². The lowest BCUT2D eigenvalue weighted by atomic mass is 10.1. The Hall–Kier alpha value is -3.87. The third kappa shape index (κ3) is 4.99. The summed E-state index contributed by atoms with van der Waals surface area (Å²) < 4.78 is 10.9. The van der Waals surface area contributed by atoms with Gasteiger partial charge >= 0.3 is 0 Å². The molecule has 0 spiro atoms. The molecule has 0 aliphatic carbocycles. The number of aromatic nitrogens is 3. The van der Waals surface area contributed by atoms with Crippen molar-refractivity contribution in [2.75, 3.05) is 50.2 Å². The first kappa shape index (κ1) is 22.9. The summed E-state index contributed by atoms with van der Waals surface area (Å²) in [5.41, 5.74) is 6.57. The average molecular weight is 470 g/mol. The van der Waals surface area contributed by atoms with E-state index < -0.39 is 0 Å². The maximum atomic E-state index is 5.43. The Morgan fingerprint density at radius 3 is 2.23 bits per heavy atom. The van der Waals surface area contributed by atoms with Crippen LogP contribution >= 0.6 is 0 Å². The van der Waals surface area contributed by atoms with Crippen molar-refractivity contribution in [3.05, 3.63) is 77.2 Å². The minimum absolute atomic E-state index is 0.687. The molecule has 2 aromatic carbocycles. The van der Waals surface area contributed by atoms with Gasteiger partial charge in [0.15, 0.2) is 0 Å². The maximum absolute atomic E-state index is 5.43. The largest absolute Gasteiger partial charge is 0.497 e. The molecule has 0 bridgehead atoms. The van der Waals surface area contributed by atoms with Gasteiger partial charge in [0.25, 0.3) is 0 Å². The smallest absolute Gasteiger partial charge is 0.225 e. The molecule has 7 nitrogen and oxygen atoms in total. The van der Waals surface area contributed by atoms with E-state index in [9.17, 15) is 0 Å². The van der Waals surface area contributed by atoms with E-state index in [0.717, 1.165) is 66.1 Å².